The maximum atomic E-state index is 14.8. The normalized spacial score (nSPS) is 15.0. The molecule has 1 aliphatic heterocycles. The van der Waals surface area contributed by atoms with Crippen molar-refractivity contribution in [3.63, 3.8) is 0 Å². The van der Waals surface area contributed by atoms with E-state index in [1.54, 1.807) is 0 Å². The molecule has 0 aliphatic carbocycles. The van der Waals surface area contributed by atoms with Gasteiger partial charge in [0.1, 0.15) is 11.7 Å². The van der Waals surface area contributed by atoms with Gasteiger partial charge in [-0.2, -0.15) is 0 Å². The molecule has 0 amide bonds. The number of allylic oxidation sites excluding steroid dienone is 2. The van der Waals surface area contributed by atoms with E-state index in [9.17, 15) is 4.39 Å². The predicted octanol–water partition coefficient (Wildman–Crippen LogP) is 5.06. The molecular weight excluding hydrogens is 373 g/mol. The number of hydrogen-bond acceptors (Lipinski definition) is 1. The summed E-state index contributed by atoms with van der Waals surface area (Å²) in [5.74, 6) is 0.187. The summed E-state index contributed by atoms with van der Waals surface area (Å²) in [4.78, 5) is 2.03. The molecule has 0 radical (unpaired) electrons. The van der Waals surface area contributed by atoms with Crippen LogP contribution in [0, 0.1) is 11.2 Å². The van der Waals surface area contributed by atoms with Crippen molar-refractivity contribution in [3.8, 4) is 0 Å². The molecule has 2 heterocycles. The van der Waals surface area contributed by atoms with Crippen LogP contribution >= 0.6 is 0 Å². The number of nitrogens with zero attached hydrogens (tertiary/aromatic N) is 2. The van der Waals surface area contributed by atoms with Crippen LogP contribution in [0.1, 0.15) is 64.5 Å². The first kappa shape index (κ1) is 23.7. The van der Waals surface area contributed by atoms with Crippen molar-refractivity contribution < 1.29 is 4.39 Å². The number of halogens is 1. The van der Waals surface area contributed by atoms with Gasteiger partial charge in [0, 0.05) is 35.8 Å². The van der Waals surface area contributed by atoms with Gasteiger partial charge in [-0.3, -0.25) is 5.41 Å². The summed E-state index contributed by atoms with van der Waals surface area (Å²) in [6, 6.07) is 7.27. The minimum absolute atomic E-state index is 0.246. The van der Waals surface area contributed by atoms with E-state index in [0.717, 1.165) is 49.3 Å². The number of benzene rings is 1. The zero-order valence-electron chi connectivity index (χ0n) is 18.9. The Hall–Kier alpha value is -2.62. The van der Waals surface area contributed by atoms with E-state index < -0.39 is 0 Å². The van der Waals surface area contributed by atoms with E-state index in [0.29, 0.717) is 23.5 Å². The van der Waals surface area contributed by atoms with Gasteiger partial charge >= 0.3 is 0 Å². The Bertz CT molecular complexity index is 963. The standard InChI is InChI=1S/C24H30FN3.C2H6/c1-3-5-6-7-10-23-19(4-2)13-16-28(23)18-21-12-11-20(17-22(21)25)24(26)27-14-8-9-15-27;1-2/h4,6-7,10-13,16-17,26H,3,5,8-9,14-15,18H2,1-2H3;1-2H3/b7-6-,19-4-,23-10+,26-24?;. The molecule has 1 aromatic heterocycles. The summed E-state index contributed by atoms with van der Waals surface area (Å²) >= 11 is 0. The highest BCUT2D eigenvalue weighted by atomic mass is 19.1. The molecule has 0 bridgehead atoms. The Morgan fingerprint density at radius 2 is 1.90 bits per heavy atom. The van der Waals surface area contributed by atoms with E-state index in [1.807, 2.05) is 44.0 Å². The molecule has 1 aromatic carbocycles. The van der Waals surface area contributed by atoms with Crippen molar-refractivity contribution in [1.29, 1.82) is 5.41 Å². The average Bonchev–Trinajstić information content (AvgIpc) is 3.44. The number of unbranched alkanes of at least 4 members (excludes halogenated alkanes) is 1. The van der Waals surface area contributed by atoms with Crippen LogP contribution in [0.4, 0.5) is 4.39 Å². The highest BCUT2D eigenvalue weighted by Crippen LogP contribution is 2.16. The molecule has 0 unspecified atom stereocenters. The van der Waals surface area contributed by atoms with Crippen molar-refractivity contribution in [2.75, 3.05) is 13.1 Å². The molecule has 2 aromatic rings. The lowest BCUT2D eigenvalue weighted by Gasteiger charge is -2.19. The van der Waals surface area contributed by atoms with Gasteiger partial charge in [0.15, 0.2) is 0 Å². The molecule has 0 saturated carbocycles. The van der Waals surface area contributed by atoms with Gasteiger partial charge in [-0.05, 0) is 49.6 Å². The van der Waals surface area contributed by atoms with Gasteiger partial charge < -0.3 is 9.47 Å². The maximum Gasteiger partial charge on any atom is 0.128 e. The van der Waals surface area contributed by atoms with Crippen LogP contribution in [0.15, 0.2) is 42.6 Å². The Morgan fingerprint density at radius 3 is 2.53 bits per heavy atom. The molecule has 1 N–H and O–H groups in total. The summed E-state index contributed by atoms with van der Waals surface area (Å²) in [7, 11) is 0. The molecular formula is C26H36FN3. The predicted molar refractivity (Wildman–Crippen MR) is 127 cm³/mol. The maximum absolute atomic E-state index is 14.8. The zero-order chi connectivity index (χ0) is 21.9. The van der Waals surface area contributed by atoms with E-state index in [2.05, 4.69) is 41.9 Å². The number of aromatic nitrogens is 1. The Balaban J connectivity index is 0.00000155. The number of rotatable bonds is 6. The molecule has 3 nitrogen and oxygen atoms in total. The topological polar surface area (TPSA) is 32.0 Å². The fourth-order valence-corrected chi connectivity index (χ4v) is 3.63. The van der Waals surface area contributed by atoms with Crippen LogP contribution in [0.3, 0.4) is 0 Å². The molecule has 1 aliphatic rings. The van der Waals surface area contributed by atoms with E-state index in [-0.39, 0.29) is 5.82 Å². The fourth-order valence-electron chi connectivity index (χ4n) is 3.63. The number of nitrogens with one attached hydrogen (secondary N) is 1. The van der Waals surface area contributed by atoms with Crippen LogP contribution in [0.2, 0.25) is 0 Å². The zero-order valence-corrected chi connectivity index (χ0v) is 18.9. The third-order valence-electron chi connectivity index (χ3n) is 5.29. The first-order valence-corrected chi connectivity index (χ1v) is 11.2. The van der Waals surface area contributed by atoms with Crippen LogP contribution in [0.5, 0.6) is 0 Å². The van der Waals surface area contributed by atoms with Gasteiger partial charge in [0.25, 0.3) is 0 Å². The van der Waals surface area contributed by atoms with Crippen molar-refractivity contribution in [3.05, 3.63) is 70.1 Å². The lowest BCUT2D eigenvalue weighted by molar-refractivity contribution is 0.516. The Kier molecular flexibility index (Phi) is 9.59. The number of hydrogen-bond donors (Lipinski definition) is 1. The third kappa shape index (κ3) is 5.94. The molecule has 4 heteroatoms. The molecule has 1 saturated heterocycles. The second kappa shape index (κ2) is 12.2. The third-order valence-corrected chi connectivity index (χ3v) is 5.29. The van der Waals surface area contributed by atoms with E-state index in [4.69, 9.17) is 5.41 Å². The summed E-state index contributed by atoms with van der Waals surface area (Å²) in [6.07, 6.45) is 14.8. The quantitative estimate of drug-likeness (QED) is 0.525. The van der Waals surface area contributed by atoms with Crippen LogP contribution in [-0.2, 0) is 6.54 Å². The molecule has 1 fully saturated rings. The van der Waals surface area contributed by atoms with Crippen molar-refractivity contribution in [1.82, 2.24) is 9.47 Å². The highest BCUT2D eigenvalue weighted by Gasteiger charge is 2.17. The van der Waals surface area contributed by atoms with Gasteiger partial charge in [-0.1, -0.05) is 57.6 Å². The largest absolute Gasteiger partial charge is 0.357 e. The van der Waals surface area contributed by atoms with E-state index in [1.165, 1.54) is 6.07 Å². The average molecular weight is 410 g/mol. The monoisotopic (exact) mass is 409 g/mol. The number of amidine groups is 1. The second-order valence-corrected chi connectivity index (χ2v) is 7.31. The molecule has 0 spiro atoms. The van der Waals surface area contributed by atoms with E-state index >= 15 is 0 Å². The molecule has 3 rings (SSSR count). The first-order valence-electron chi connectivity index (χ1n) is 11.2. The summed E-state index contributed by atoms with van der Waals surface area (Å²) in [5, 5.41) is 10.6. The first-order chi connectivity index (χ1) is 14.6. The minimum Gasteiger partial charge on any atom is -0.357 e. The Morgan fingerprint density at radius 1 is 1.17 bits per heavy atom. The second-order valence-electron chi connectivity index (χ2n) is 7.31. The van der Waals surface area contributed by atoms with Gasteiger partial charge in [0.2, 0.25) is 0 Å². The fraction of sp³-hybridized carbons (Fsp3) is 0.423. The van der Waals surface area contributed by atoms with Crippen LogP contribution in [0.25, 0.3) is 12.2 Å². The van der Waals surface area contributed by atoms with Gasteiger partial charge in [-0.15, -0.1) is 0 Å². The van der Waals surface area contributed by atoms with Crippen LogP contribution in [-0.4, -0.2) is 28.4 Å². The molecule has 162 valence electrons. The van der Waals surface area contributed by atoms with Crippen LogP contribution < -0.4 is 10.6 Å². The summed E-state index contributed by atoms with van der Waals surface area (Å²) < 4.78 is 16.9. The lowest BCUT2D eigenvalue weighted by atomic mass is 10.1. The summed E-state index contributed by atoms with van der Waals surface area (Å²) in [5.41, 5.74) is 1.30. The lowest BCUT2D eigenvalue weighted by Crippen LogP contribution is -2.29. The highest BCUT2D eigenvalue weighted by molar-refractivity contribution is 5.96. The summed E-state index contributed by atoms with van der Waals surface area (Å²) in [6.45, 7) is 10.4. The van der Waals surface area contributed by atoms with Crippen molar-refractivity contribution in [2.45, 2.75) is 59.9 Å². The molecule has 0 atom stereocenters. The van der Waals surface area contributed by atoms with Gasteiger partial charge in [0.05, 0.1) is 6.54 Å². The molecule has 30 heavy (non-hydrogen) atoms. The SMILES string of the molecule is C/C=c1/ccn(Cc2ccc(C(=N)N3CCCC3)cc2F)/c1=C/C=C\CCC.CC. The van der Waals surface area contributed by atoms with Crippen molar-refractivity contribution >= 4 is 18.0 Å². The smallest absolute Gasteiger partial charge is 0.128 e. The minimum atomic E-state index is -0.246. The van der Waals surface area contributed by atoms with Gasteiger partial charge in [-0.25, -0.2) is 4.39 Å². The van der Waals surface area contributed by atoms with Crippen molar-refractivity contribution in [2.24, 2.45) is 0 Å². The Labute approximate surface area is 180 Å². The number of likely N-dealkylation sites (tertiary alicyclic amines) is 1.